The van der Waals surface area contributed by atoms with Gasteiger partial charge >= 0.3 is 0 Å². The third-order valence-electron chi connectivity index (χ3n) is 5.26. The zero-order chi connectivity index (χ0) is 22.2. The summed E-state index contributed by atoms with van der Waals surface area (Å²) in [6.07, 6.45) is 4.54. The maximum absolute atomic E-state index is 13.7. The number of nitrogens with zero attached hydrogens (tertiary/aromatic N) is 5. The SMILES string of the molecule is N[C@@H](Cc1cc(F)cc(F)c1)c1nc(-n2cncn2)ncc1-c1ccc2c(c1)C(=O)NC2. The van der Waals surface area contributed by atoms with Crippen LogP contribution in [0.1, 0.15) is 33.2 Å². The molecule has 0 bridgehead atoms. The van der Waals surface area contributed by atoms with E-state index >= 15 is 0 Å². The van der Waals surface area contributed by atoms with Crippen LogP contribution in [0.3, 0.4) is 0 Å². The molecule has 32 heavy (non-hydrogen) atoms. The molecular formula is C22H17F2N7O. The number of benzene rings is 2. The number of hydrogen-bond donors (Lipinski definition) is 2. The molecule has 160 valence electrons. The summed E-state index contributed by atoms with van der Waals surface area (Å²) in [5.41, 5.74) is 10.1. The van der Waals surface area contributed by atoms with Gasteiger partial charge in [0.25, 0.3) is 11.9 Å². The lowest BCUT2D eigenvalue weighted by Gasteiger charge is -2.17. The van der Waals surface area contributed by atoms with Crippen molar-refractivity contribution >= 4 is 5.91 Å². The first kappa shape index (κ1) is 19.9. The van der Waals surface area contributed by atoms with Gasteiger partial charge in [-0.05, 0) is 41.3 Å². The summed E-state index contributed by atoms with van der Waals surface area (Å²) in [6.45, 7) is 0.480. The Balaban J connectivity index is 1.59. The summed E-state index contributed by atoms with van der Waals surface area (Å²) in [7, 11) is 0. The molecule has 0 saturated heterocycles. The van der Waals surface area contributed by atoms with Crippen LogP contribution in [0.15, 0.2) is 55.2 Å². The first-order valence-electron chi connectivity index (χ1n) is 9.82. The monoisotopic (exact) mass is 433 g/mol. The minimum Gasteiger partial charge on any atom is -0.348 e. The van der Waals surface area contributed by atoms with Gasteiger partial charge in [0.05, 0.1) is 11.7 Å². The summed E-state index contributed by atoms with van der Waals surface area (Å²) in [5.74, 6) is -1.25. The van der Waals surface area contributed by atoms with Crippen molar-refractivity contribution in [1.29, 1.82) is 0 Å². The van der Waals surface area contributed by atoms with Gasteiger partial charge in [-0.25, -0.2) is 23.7 Å². The fraction of sp³-hybridized carbons (Fsp3) is 0.136. The number of carbonyl (C=O) groups is 1. The highest BCUT2D eigenvalue weighted by molar-refractivity contribution is 5.99. The highest BCUT2D eigenvalue weighted by atomic mass is 19.1. The molecule has 4 aromatic rings. The van der Waals surface area contributed by atoms with E-state index in [0.717, 1.165) is 11.6 Å². The highest BCUT2D eigenvalue weighted by Crippen LogP contribution is 2.30. The van der Waals surface area contributed by atoms with Crippen LogP contribution in [-0.4, -0.2) is 30.6 Å². The molecule has 3 N–H and O–H groups in total. The summed E-state index contributed by atoms with van der Waals surface area (Å²) in [4.78, 5) is 25.0. The number of aromatic nitrogens is 5. The molecule has 5 rings (SSSR count). The molecule has 1 aliphatic rings. The van der Waals surface area contributed by atoms with E-state index in [1.165, 1.54) is 29.5 Å². The molecule has 0 radical (unpaired) electrons. The zero-order valence-electron chi connectivity index (χ0n) is 16.7. The first-order valence-corrected chi connectivity index (χ1v) is 9.82. The molecule has 10 heteroatoms. The van der Waals surface area contributed by atoms with Crippen LogP contribution in [0.25, 0.3) is 17.1 Å². The van der Waals surface area contributed by atoms with E-state index in [1.54, 1.807) is 12.3 Å². The van der Waals surface area contributed by atoms with Gasteiger partial charge in [-0.3, -0.25) is 4.79 Å². The molecule has 1 aliphatic heterocycles. The normalized spacial score (nSPS) is 13.7. The van der Waals surface area contributed by atoms with E-state index < -0.39 is 17.7 Å². The fourth-order valence-corrected chi connectivity index (χ4v) is 3.77. The summed E-state index contributed by atoms with van der Waals surface area (Å²) >= 11 is 0. The largest absolute Gasteiger partial charge is 0.348 e. The van der Waals surface area contributed by atoms with Crippen LogP contribution in [0.5, 0.6) is 0 Å². The number of fused-ring (bicyclic) bond motifs is 1. The standard InChI is InChI=1S/C22H17F2N7O/c23-15-3-12(4-16(24)7-15)5-19(25)20-18(9-28-22(30-20)31-11-26-10-29-31)13-1-2-14-8-27-21(32)17(14)6-13/h1-4,6-7,9-11,19H,5,8,25H2,(H,27,32)/t19-/m0/s1. The minimum absolute atomic E-state index is 0.140. The van der Waals surface area contributed by atoms with Crippen LogP contribution < -0.4 is 11.1 Å². The quantitative estimate of drug-likeness (QED) is 0.500. The van der Waals surface area contributed by atoms with Crippen molar-refractivity contribution in [1.82, 2.24) is 30.0 Å². The molecule has 2 aromatic heterocycles. The number of hydrogen-bond acceptors (Lipinski definition) is 6. The van der Waals surface area contributed by atoms with Crippen molar-refractivity contribution in [3.63, 3.8) is 0 Å². The van der Waals surface area contributed by atoms with Crippen molar-refractivity contribution in [2.45, 2.75) is 19.0 Å². The number of nitrogens with one attached hydrogen (secondary N) is 1. The second kappa shape index (κ2) is 7.89. The molecule has 0 fully saturated rings. The molecule has 1 atom stereocenters. The lowest BCUT2D eigenvalue weighted by atomic mass is 9.95. The van der Waals surface area contributed by atoms with Crippen LogP contribution >= 0.6 is 0 Å². The maximum atomic E-state index is 13.7. The van der Waals surface area contributed by atoms with E-state index in [9.17, 15) is 13.6 Å². The van der Waals surface area contributed by atoms with Crippen molar-refractivity contribution in [2.75, 3.05) is 0 Å². The number of halogens is 2. The first-order chi connectivity index (χ1) is 15.5. The van der Waals surface area contributed by atoms with E-state index in [4.69, 9.17) is 5.73 Å². The smallest absolute Gasteiger partial charge is 0.252 e. The van der Waals surface area contributed by atoms with E-state index in [0.29, 0.717) is 34.5 Å². The van der Waals surface area contributed by atoms with Crippen LogP contribution in [0.4, 0.5) is 8.78 Å². The van der Waals surface area contributed by atoms with Crippen molar-refractivity contribution in [3.8, 4) is 17.1 Å². The highest BCUT2D eigenvalue weighted by Gasteiger charge is 2.22. The summed E-state index contributed by atoms with van der Waals surface area (Å²) in [5, 5.41) is 6.83. The fourth-order valence-electron chi connectivity index (χ4n) is 3.77. The van der Waals surface area contributed by atoms with Crippen molar-refractivity contribution < 1.29 is 13.6 Å². The van der Waals surface area contributed by atoms with E-state index in [1.807, 2.05) is 12.1 Å². The second-order valence-electron chi connectivity index (χ2n) is 7.45. The van der Waals surface area contributed by atoms with Crippen molar-refractivity contribution in [2.24, 2.45) is 5.73 Å². The van der Waals surface area contributed by atoms with Gasteiger partial charge in [-0.1, -0.05) is 12.1 Å². The number of amides is 1. The topological polar surface area (TPSA) is 112 Å². The van der Waals surface area contributed by atoms with Crippen LogP contribution in [0.2, 0.25) is 0 Å². The van der Waals surface area contributed by atoms with Gasteiger partial charge in [0.15, 0.2) is 0 Å². The van der Waals surface area contributed by atoms with Crippen LogP contribution in [0, 0.1) is 11.6 Å². The molecule has 0 spiro atoms. The van der Waals surface area contributed by atoms with Gasteiger partial charge in [0.2, 0.25) is 0 Å². The van der Waals surface area contributed by atoms with E-state index in [2.05, 4.69) is 25.4 Å². The average Bonchev–Trinajstić information content (AvgIpc) is 3.43. The third kappa shape index (κ3) is 3.71. The minimum atomic E-state index is -0.710. The van der Waals surface area contributed by atoms with Gasteiger partial charge in [-0.15, -0.1) is 0 Å². The second-order valence-corrected chi connectivity index (χ2v) is 7.45. The number of carbonyl (C=O) groups excluding carboxylic acids is 1. The predicted octanol–water partition coefficient (Wildman–Crippen LogP) is 2.49. The van der Waals surface area contributed by atoms with Gasteiger partial charge in [0, 0.05) is 29.9 Å². The number of nitrogens with two attached hydrogens (primary N) is 1. The average molecular weight is 433 g/mol. The Morgan fingerprint density at radius 1 is 1.12 bits per heavy atom. The van der Waals surface area contributed by atoms with E-state index in [-0.39, 0.29) is 18.3 Å². The van der Waals surface area contributed by atoms with Gasteiger partial charge in [-0.2, -0.15) is 9.78 Å². The zero-order valence-corrected chi connectivity index (χ0v) is 16.7. The van der Waals surface area contributed by atoms with Gasteiger partial charge in [0.1, 0.15) is 24.3 Å². The molecule has 8 nitrogen and oxygen atoms in total. The third-order valence-corrected chi connectivity index (χ3v) is 5.26. The lowest BCUT2D eigenvalue weighted by molar-refractivity contribution is 0.0966. The summed E-state index contributed by atoms with van der Waals surface area (Å²) in [6, 6.07) is 8.08. The van der Waals surface area contributed by atoms with Crippen LogP contribution in [-0.2, 0) is 13.0 Å². The Kier molecular flexibility index (Phi) is 4.91. The van der Waals surface area contributed by atoms with Gasteiger partial charge < -0.3 is 11.1 Å². The van der Waals surface area contributed by atoms with Crippen molar-refractivity contribution in [3.05, 3.63) is 89.3 Å². The molecule has 0 unspecified atom stereocenters. The maximum Gasteiger partial charge on any atom is 0.252 e. The Labute approximate surface area is 181 Å². The molecule has 0 aliphatic carbocycles. The lowest BCUT2D eigenvalue weighted by Crippen LogP contribution is -2.18. The molecule has 0 saturated carbocycles. The number of rotatable bonds is 5. The Hall–Kier alpha value is -4.05. The molecule has 1 amide bonds. The molecule has 2 aromatic carbocycles. The molecule has 3 heterocycles. The molecular weight excluding hydrogens is 416 g/mol. The Morgan fingerprint density at radius 3 is 2.69 bits per heavy atom. The predicted molar refractivity (Wildman–Crippen MR) is 111 cm³/mol. The Morgan fingerprint density at radius 2 is 1.94 bits per heavy atom. The Bertz CT molecular complexity index is 1300. The summed E-state index contributed by atoms with van der Waals surface area (Å²) < 4.78 is 28.7.